The molecular weight excluding hydrogens is 256 g/mol. The van der Waals surface area contributed by atoms with Gasteiger partial charge in [-0.15, -0.1) is 0 Å². The van der Waals surface area contributed by atoms with E-state index in [9.17, 15) is 0 Å². The zero-order valence-electron chi connectivity index (χ0n) is 13.3. The minimum atomic E-state index is 0.515. The number of likely N-dealkylation sites (tertiary alicyclic amines) is 1. The molecule has 1 saturated heterocycles. The zero-order valence-corrected chi connectivity index (χ0v) is 13.3. The third-order valence-electron chi connectivity index (χ3n) is 5.88. The maximum Gasteiger partial charge on any atom is -0.00130 e. The monoisotopic (exact) mass is 286 g/mol. The summed E-state index contributed by atoms with van der Waals surface area (Å²) in [5.41, 5.74) is 8.00. The molecule has 0 aromatic heterocycles. The predicted octanol–water partition coefficient (Wildman–Crippen LogP) is 3.46. The summed E-state index contributed by atoms with van der Waals surface area (Å²) in [7, 11) is 0. The summed E-state index contributed by atoms with van der Waals surface area (Å²) in [4.78, 5) is 2.68. The fourth-order valence-corrected chi connectivity index (χ4v) is 3.99. The molecule has 1 aromatic carbocycles. The van der Waals surface area contributed by atoms with Crippen LogP contribution in [0.1, 0.15) is 44.1 Å². The van der Waals surface area contributed by atoms with E-state index in [1.165, 1.54) is 70.1 Å². The van der Waals surface area contributed by atoms with Crippen LogP contribution < -0.4 is 5.73 Å². The van der Waals surface area contributed by atoms with Crippen LogP contribution >= 0.6 is 0 Å². The molecule has 0 bridgehead atoms. The van der Waals surface area contributed by atoms with Gasteiger partial charge in [0.05, 0.1) is 0 Å². The van der Waals surface area contributed by atoms with Crippen molar-refractivity contribution < 1.29 is 0 Å². The number of piperidine rings is 1. The van der Waals surface area contributed by atoms with Crippen molar-refractivity contribution in [2.45, 2.75) is 44.9 Å². The van der Waals surface area contributed by atoms with E-state index in [0.717, 1.165) is 12.5 Å². The van der Waals surface area contributed by atoms with Crippen LogP contribution in [0.2, 0.25) is 0 Å². The Labute approximate surface area is 129 Å². The molecular formula is C19H30N2. The van der Waals surface area contributed by atoms with E-state index in [0.29, 0.717) is 5.41 Å². The third kappa shape index (κ3) is 3.87. The van der Waals surface area contributed by atoms with Gasteiger partial charge in [0.1, 0.15) is 0 Å². The third-order valence-corrected chi connectivity index (χ3v) is 5.88. The first-order valence-corrected chi connectivity index (χ1v) is 8.76. The van der Waals surface area contributed by atoms with Crippen molar-refractivity contribution in [1.82, 2.24) is 4.90 Å². The first kappa shape index (κ1) is 15.1. The average Bonchev–Trinajstić information content (AvgIpc) is 2.49. The van der Waals surface area contributed by atoms with Crippen molar-refractivity contribution in [1.29, 1.82) is 0 Å². The molecule has 0 spiro atoms. The molecule has 1 aromatic rings. The lowest BCUT2D eigenvalue weighted by Gasteiger charge is -2.43. The predicted molar refractivity (Wildman–Crippen MR) is 89.3 cm³/mol. The fraction of sp³-hybridized carbons (Fsp3) is 0.684. The smallest absolute Gasteiger partial charge is 0.00130 e. The van der Waals surface area contributed by atoms with E-state index in [4.69, 9.17) is 5.73 Å². The molecule has 21 heavy (non-hydrogen) atoms. The molecule has 116 valence electrons. The second-order valence-electron chi connectivity index (χ2n) is 7.28. The molecule has 0 radical (unpaired) electrons. The van der Waals surface area contributed by atoms with Crippen LogP contribution in [0.3, 0.4) is 0 Å². The van der Waals surface area contributed by atoms with Crippen LogP contribution in [-0.2, 0) is 6.42 Å². The average molecular weight is 286 g/mol. The molecule has 0 atom stereocenters. The topological polar surface area (TPSA) is 29.3 Å². The van der Waals surface area contributed by atoms with E-state index in [1.807, 2.05) is 0 Å². The van der Waals surface area contributed by atoms with E-state index in [-0.39, 0.29) is 0 Å². The van der Waals surface area contributed by atoms with E-state index in [2.05, 4.69) is 35.2 Å². The lowest BCUT2D eigenvalue weighted by atomic mass is 9.66. The van der Waals surface area contributed by atoms with Crippen LogP contribution in [0.4, 0.5) is 0 Å². The summed E-state index contributed by atoms with van der Waals surface area (Å²) in [5, 5.41) is 0. The van der Waals surface area contributed by atoms with E-state index < -0.39 is 0 Å². The SMILES string of the molecule is NCC1(CCN2CCC(Cc3ccccc3)CC2)CCC1. The summed E-state index contributed by atoms with van der Waals surface area (Å²) < 4.78 is 0. The van der Waals surface area contributed by atoms with Crippen molar-refractivity contribution >= 4 is 0 Å². The molecule has 1 aliphatic heterocycles. The Morgan fingerprint density at radius 2 is 1.81 bits per heavy atom. The summed E-state index contributed by atoms with van der Waals surface area (Å²) in [6.07, 6.45) is 9.46. The van der Waals surface area contributed by atoms with Gasteiger partial charge in [-0.05, 0) is 81.6 Å². The van der Waals surface area contributed by atoms with Gasteiger partial charge < -0.3 is 10.6 Å². The Hall–Kier alpha value is -0.860. The molecule has 1 saturated carbocycles. The summed E-state index contributed by atoms with van der Waals surface area (Å²) in [6, 6.07) is 11.0. The van der Waals surface area contributed by atoms with Gasteiger partial charge in [0.2, 0.25) is 0 Å². The largest absolute Gasteiger partial charge is 0.330 e. The van der Waals surface area contributed by atoms with E-state index >= 15 is 0 Å². The molecule has 0 amide bonds. The van der Waals surface area contributed by atoms with Gasteiger partial charge in [0.15, 0.2) is 0 Å². The number of rotatable bonds is 6. The Bertz CT molecular complexity index is 411. The van der Waals surface area contributed by atoms with Gasteiger partial charge in [0, 0.05) is 0 Å². The van der Waals surface area contributed by atoms with Gasteiger partial charge >= 0.3 is 0 Å². The molecule has 1 heterocycles. The summed E-state index contributed by atoms with van der Waals surface area (Å²) in [5.74, 6) is 0.885. The number of nitrogens with zero attached hydrogens (tertiary/aromatic N) is 1. The zero-order chi connectivity index (χ0) is 14.5. The van der Waals surface area contributed by atoms with Gasteiger partial charge in [-0.25, -0.2) is 0 Å². The standard InChI is InChI=1S/C19H30N2/c20-16-19(9-4-10-19)11-14-21-12-7-18(8-13-21)15-17-5-2-1-3-6-17/h1-3,5-6,18H,4,7-16,20H2. The summed E-state index contributed by atoms with van der Waals surface area (Å²) >= 11 is 0. The minimum Gasteiger partial charge on any atom is -0.330 e. The van der Waals surface area contributed by atoms with Gasteiger partial charge in [-0.3, -0.25) is 0 Å². The normalized spacial score (nSPS) is 22.9. The Balaban J connectivity index is 1.39. The van der Waals surface area contributed by atoms with Crippen LogP contribution in [0, 0.1) is 11.3 Å². The van der Waals surface area contributed by atoms with Crippen molar-refractivity contribution in [3.05, 3.63) is 35.9 Å². The minimum absolute atomic E-state index is 0.515. The lowest BCUT2D eigenvalue weighted by Crippen LogP contribution is -2.42. The van der Waals surface area contributed by atoms with Gasteiger partial charge in [-0.2, -0.15) is 0 Å². The highest BCUT2D eigenvalue weighted by atomic mass is 15.1. The van der Waals surface area contributed by atoms with Crippen molar-refractivity contribution in [3.63, 3.8) is 0 Å². The van der Waals surface area contributed by atoms with Crippen LogP contribution in [0.25, 0.3) is 0 Å². The molecule has 2 heteroatoms. The Morgan fingerprint density at radius 3 is 2.38 bits per heavy atom. The second-order valence-corrected chi connectivity index (χ2v) is 7.28. The van der Waals surface area contributed by atoms with Gasteiger partial charge in [-0.1, -0.05) is 36.8 Å². The molecule has 3 rings (SSSR count). The highest BCUT2D eigenvalue weighted by Crippen LogP contribution is 2.43. The molecule has 2 aliphatic rings. The molecule has 0 unspecified atom stereocenters. The van der Waals surface area contributed by atoms with E-state index in [1.54, 1.807) is 0 Å². The molecule has 2 N–H and O–H groups in total. The quantitative estimate of drug-likeness (QED) is 0.868. The summed E-state index contributed by atoms with van der Waals surface area (Å²) in [6.45, 7) is 4.75. The van der Waals surface area contributed by atoms with Crippen molar-refractivity contribution in [2.75, 3.05) is 26.2 Å². The molecule has 2 nitrogen and oxygen atoms in total. The number of nitrogens with two attached hydrogens (primary N) is 1. The highest BCUT2D eigenvalue weighted by molar-refractivity contribution is 5.15. The lowest BCUT2D eigenvalue weighted by molar-refractivity contribution is 0.0926. The fourth-order valence-electron chi connectivity index (χ4n) is 3.99. The number of benzene rings is 1. The first-order valence-electron chi connectivity index (χ1n) is 8.76. The van der Waals surface area contributed by atoms with Crippen LogP contribution in [0.5, 0.6) is 0 Å². The Morgan fingerprint density at radius 1 is 1.10 bits per heavy atom. The first-order chi connectivity index (χ1) is 10.3. The number of hydrogen-bond acceptors (Lipinski definition) is 2. The number of hydrogen-bond donors (Lipinski definition) is 1. The Kier molecular flexibility index (Phi) is 4.97. The maximum absolute atomic E-state index is 5.97. The van der Waals surface area contributed by atoms with Gasteiger partial charge in [0.25, 0.3) is 0 Å². The molecule has 1 aliphatic carbocycles. The van der Waals surface area contributed by atoms with Crippen LogP contribution in [-0.4, -0.2) is 31.1 Å². The van der Waals surface area contributed by atoms with Crippen molar-refractivity contribution in [3.8, 4) is 0 Å². The van der Waals surface area contributed by atoms with Crippen molar-refractivity contribution in [2.24, 2.45) is 17.1 Å². The second kappa shape index (κ2) is 6.93. The highest BCUT2D eigenvalue weighted by Gasteiger charge is 2.35. The van der Waals surface area contributed by atoms with Crippen LogP contribution in [0.15, 0.2) is 30.3 Å². The molecule has 2 fully saturated rings. The maximum atomic E-state index is 5.97.